The summed E-state index contributed by atoms with van der Waals surface area (Å²) in [7, 11) is 0. The number of aromatic nitrogens is 5. The Morgan fingerprint density at radius 3 is 2.77 bits per heavy atom. The zero-order valence-electron chi connectivity index (χ0n) is 16.3. The summed E-state index contributed by atoms with van der Waals surface area (Å²) in [5, 5.41) is 25.4. The average molecular weight is 531 g/mol. The smallest absolute Gasteiger partial charge is 0.413 e. The van der Waals surface area contributed by atoms with E-state index in [1.54, 1.807) is 22.9 Å². The van der Waals surface area contributed by atoms with Crippen molar-refractivity contribution in [1.82, 2.24) is 25.2 Å². The maximum atomic E-state index is 11.5. The molecule has 1 aromatic carbocycles. The van der Waals surface area contributed by atoms with Crippen molar-refractivity contribution in [2.45, 2.75) is 17.6 Å². The molecule has 2 aromatic heterocycles. The molecule has 31 heavy (non-hydrogen) atoms. The van der Waals surface area contributed by atoms with Crippen molar-refractivity contribution in [3.8, 4) is 12.3 Å². The van der Waals surface area contributed by atoms with Crippen molar-refractivity contribution in [1.29, 1.82) is 0 Å². The van der Waals surface area contributed by atoms with Gasteiger partial charge < -0.3 is 9.94 Å². The number of carboxylic acid groups (broad SMARTS) is 1. The highest BCUT2D eigenvalue weighted by molar-refractivity contribution is 14.1. The number of oxime groups is 1. The van der Waals surface area contributed by atoms with Gasteiger partial charge in [-0.05, 0) is 22.6 Å². The van der Waals surface area contributed by atoms with E-state index in [-0.39, 0.29) is 25.4 Å². The van der Waals surface area contributed by atoms with E-state index in [1.807, 2.05) is 30.3 Å². The summed E-state index contributed by atoms with van der Waals surface area (Å²) in [5.74, 6) is 3.16. The number of amides is 1. The minimum atomic E-state index is -1.13. The third kappa shape index (κ3) is 5.76. The van der Waals surface area contributed by atoms with Crippen LogP contribution in [-0.2, 0) is 16.0 Å². The second-order valence-corrected chi connectivity index (χ2v) is 6.76. The summed E-state index contributed by atoms with van der Waals surface area (Å²) in [5.41, 5.74) is 1.77. The van der Waals surface area contributed by atoms with Crippen LogP contribution < -0.4 is 4.90 Å². The van der Waals surface area contributed by atoms with Crippen LogP contribution in [-0.4, -0.2) is 48.6 Å². The Balaban J connectivity index is 1.81. The fraction of sp³-hybridized carbons (Fsp3) is 0.200. The van der Waals surface area contributed by atoms with Crippen LogP contribution >= 0.6 is 22.6 Å². The van der Waals surface area contributed by atoms with Gasteiger partial charge in [0.15, 0.2) is 12.3 Å². The maximum Gasteiger partial charge on any atom is 0.413 e. The lowest BCUT2D eigenvalue weighted by Gasteiger charge is -2.17. The van der Waals surface area contributed by atoms with E-state index < -0.39 is 6.09 Å². The molecular weight excluding hydrogens is 513 g/mol. The molecule has 0 unspecified atom stereocenters. The molecule has 3 rings (SSSR count). The molecule has 0 aliphatic rings. The van der Waals surface area contributed by atoms with Crippen molar-refractivity contribution in [3.05, 3.63) is 65.6 Å². The highest BCUT2D eigenvalue weighted by Crippen LogP contribution is 2.14. The number of carbonyl (C=O) groups is 1. The van der Waals surface area contributed by atoms with Crippen LogP contribution in [0.3, 0.4) is 0 Å². The standard InChI is InChI=1S/C20H18IN7O3/c1-2-3-12-27(20(29)30)17-11-7-10-16(22-17)13-31-24-18(15-8-5-4-6-9-15)19-23-25-26-28(19)14-21/h1,4-11H,3,12-14H2,(H,29,30). The van der Waals surface area contributed by atoms with Gasteiger partial charge in [-0.15, -0.1) is 17.4 Å². The largest absolute Gasteiger partial charge is 0.465 e. The zero-order chi connectivity index (χ0) is 22.1. The molecule has 0 aliphatic heterocycles. The summed E-state index contributed by atoms with van der Waals surface area (Å²) < 4.78 is 2.14. The van der Waals surface area contributed by atoms with Crippen LogP contribution in [0.4, 0.5) is 10.6 Å². The average Bonchev–Trinajstić information content (AvgIpc) is 3.26. The van der Waals surface area contributed by atoms with Gasteiger partial charge in [-0.1, -0.05) is 64.1 Å². The van der Waals surface area contributed by atoms with Crippen LogP contribution in [0.2, 0.25) is 0 Å². The molecule has 1 amide bonds. The predicted octanol–water partition coefficient (Wildman–Crippen LogP) is 2.94. The molecule has 0 aliphatic carbocycles. The number of rotatable bonds is 9. The first-order valence-corrected chi connectivity index (χ1v) is 10.6. The molecule has 0 saturated heterocycles. The summed E-state index contributed by atoms with van der Waals surface area (Å²) >= 11 is 2.15. The van der Waals surface area contributed by atoms with Gasteiger partial charge in [-0.2, -0.15) is 0 Å². The second kappa shape index (κ2) is 11.0. The highest BCUT2D eigenvalue weighted by atomic mass is 127. The fourth-order valence-electron chi connectivity index (χ4n) is 2.62. The number of halogens is 1. The van der Waals surface area contributed by atoms with Gasteiger partial charge in [-0.25, -0.2) is 14.5 Å². The lowest BCUT2D eigenvalue weighted by molar-refractivity contribution is 0.128. The Morgan fingerprint density at radius 2 is 2.06 bits per heavy atom. The van der Waals surface area contributed by atoms with Crippen LogP contribution in [0.15, 0.2) is 53.7 Å². The number of nitrogens with zero attached hydrogens (tertiary/aromatic N) is 7. The molecular formula is C20H18IN7O3. The number of hydrogen-bond donors (Lipinski definition) is 1. The molecule has 0 saturated carbocycles. The number of tetrazole rings is 1. The lowest BCUT2D eigenvalue weighted by Crippen LogP contribution is -2.31. The highest BCUT2D eigenvalue weighted by Gasteiger charge is 2.17. The van der Waals surface area contributed by atoms with Gasteiger partial charge in [0.2, 0.25) is 5.82 Å². The van der Waals surface area contributed by atoms with Gasteiger partial charge in [0.25, 0.3) is 0 Å². The first kappa shape index (κ1) is 22.2. The molecule has 0 spiro atoms. The van der Waals surface area contributed by atoms with E-state index in [0.717, 1.165) is 10.5 Å². The van der Waals surface area contributed by atoms with E-state index in [4.69, 9.17) is 11.3 Å². The molecule has 10 nitrogen and oxygen atoms in total. The Bertz CT molecular complexity index is 1100. The van der Waals surface area contributed by atoms with Crippen molar-refractivity contribution in [3.63, 3.8) is 0 Å². The van der Waals surface area contributed by atoms with Crippen molar-refractivity contribution in [2.75, 3.05) is 11.4 Å². The van der Waals surface area contributed by atoms with Crippen molar-refractivity contribution >= 4 is 40.2 Å². The van der Waals surface area contributed by atoms with Crippen LogP contribution in [0.5, 0.6) is 0 Å². The van der Waals surface area contributed by atoms with Gasteiger partial charge >= 0.3 is 6.09 Å². The SMILES string of the molecule is C#CCCN(C(=O)O)c1cccc(CON=C(c2ccccc2)c2nnnn2CI)n1. The van der Waals surface area contributed by atoms with Crippen LogP contribution in [0, 0.1) is 12.3 Å². The number of anilines is 1. The molecule has 158 valence electrons. The van der Waals surface area contributed by atoms with E-state index in [9.17, 15) is 9.90 Å². The van der Waals surface area contributed by atoms with E-state index >= 15 is 0 Å². The van der Waals surface area contributed by atoms with E-state index in [2.05, 4.69) is 54.2 Å². The summed E-state index contributed by atoms with van der Waals surface area (Å²) in [4.78, 5) is 22.5. The molecule has 1 N–H and O–H groups in total. The Kier molecular flexibility index (Phi) is 7.88. The number of alkyl halides is 1. The van der Waals surface area contributed by atoms with Gasteiger partial charge in [0, 0.05) is 18.5 Å². The first-order chi connectivity index (χ1) is 15.1. The fourth-order valence-corrected chi connectivity index (χ4v) is 3.08. The molecule has 0 radical (unpaired) electrons. The van der Waals surface area contributed by atoms with Gasteiger partial charge in [0.05, 0.1) is 10.2 Å². The number of terminal acetylenes is 1. The van der Waals surface area contributed by atoms with Crippen LogP contribution in [0.1, 0.15) is 23.5 Å². The maximum absolute atomic E-state index is 11.5. The third-order valence-electron chi connectivity index (χ3n) is 4.05. The molecule has 11 heteroatoms. The Morgan fingerprint density at radius 1 is 1.26 bits per heavy atom. The molecule has 0 fully saturated rings. The number of pyridine rings is 1. The van der Waals surface area contributed by atoms with Gasteiger partial charge in [-0.3, -0.25) is 4.90 Å². The topological polar surface area (TPSA) is 119 Å². The molecule has 3 aromatic rings. The quantitative estimate of drug-likeness (QED) is 0.148. The summed E-state index contributed by atoms with van der Waals surface area (Å²) in [6.07, 6.45) is 4.40. The monoisotopic (exact) mass is 531 g/mol. The molecule has 2 heterocycles. The van der Waals surface area contributed by atoms with E-state index in [0.29, 0.717) is 21.8 Å². The summed E-state index contributed by atoms with van der Waals surface area (Å²) in [6, 6.07) is 14.4. The zero-order valence-corrected chi connectivity index (χ0v) is 18.5. The van der Waals surface area contributed by atoms with E-state index in [1.165, 1.54) is 0 Å². The number of hydrogen-bond acceptors (Lipinski definition) is 7. The predicted molar refractivity (Wildman–Crippen MR) is 122 cm³/mol. The normalized spacial score (nSPS) is 11.0. The number of benzene rings is 1. The Hall–Kier alpha value is -3.53. The second-order valence-electron chi connectivity index (χ2n) is 6.08. The lowest BCUT2D eigenvalue weighted by atomic mass is 10.1. The van der Waals surface area contributed by atoms with Crippen molar-refractivity contribution < 1.29 is 14.7 Å². The minimum absolute atomic E-state index is 0.0264. The Labute approximate surface area is 192 Å². The molecule has 0 atom stereocenters. The third-order valence-corrected chi connectivity index (χ3v) is 4.70. The van der Waals surface area contributed by atoms with Crippen molar-refractivity contribution in [2.24, 2.45) is 5.16 Å². The minimum Gasteiger partial charge on any atom is -0.465 e. The van der Waals surface area contributed by atoms with Gasteiger partial charge in [0.1, 0.15) is 5.82 Å². The molecule has 0 bridgehead atoms. The summed E-state index contributed by atoms with van der Waals surface area (Å²) in [6.45, 7) is 0.178. The first-order valence-electron chi connectivity index (χ1n) is 9.11. The van der Waals surface area contributed by atoms with Crippen LogP contribution in [0.25, 0.3) is 0 Å².